The minimum atomic E-state index is -0.244. The first-order chi connectivity index (χ1) is 11.9. The van der Waals surface area contributed by atoms with Crippen LogP contribution in [0.3, 0.4) is 0 Å². The molecule has 3 rings (SSSR count). The Morgan fingerprint density at radius 1 is 1.20 bits per heavy atom. The van der Waals surface area contributed by atoms with Crippen LogP contribution in [0.25, 0.3) is 0 Å². The number of halogens is 2. The summed E-state index contributed by atoms with van der Waals surface area (Å²) in [6.07, 6.45) is 0. The van der Waals surface area contributed by atoms with Crippen LogP contribution in [0.5, 0.6) is 0 Å². The molecule has 25 heavy (non-hydrogen) atoms. The van der Waals surface area contributed by atoms with Gasteiger partial charge in [-0.15, -0.1) is 11.8 Å². The number of amides is 2. The van der Waals surface area contributed by atoms with Crippen molar-refractivity contribution in [1.82, 2.24) is 4.90 Å². The summed E-state index contributed by atoms with van der Waals surface area (Å²) in [5.41, 5.74) is 2.68. The largest absolute Gasteiger partial charge is 0.325 e. The zero-order chi connectivity index (χ0) is 18.0. The van der Waals surface area contributed by atoms with Crippen LogP contribution in [0.4, 0.5) is 5.69 Å². The number of aryl methyl sites for hydroxylation is 1. The maximum atomic E-state index is 12.3. The molecule has 0 aromatic heterocycles. The lowest BCUT2D eigenvalue weighted by Gasteiger charge is -2.24. The third-order valence-electron chi connectivity index (χ3n) is 3.85. The van der Waals surface area contributed by atoms with Crippen molar-refractivity contribution in [2.45, 2.75) is 12.3 Å². The summed E-state index contributed by atoms with van der Waals surface area (Å²) < 4.78 is 0. The van der Waals surface area contributed by atoms with E-state index in [0.717, 1.165) is 11.1 Å². The van der Waals surface area contributed by atoms with E-state index in [1.165, 1.54) is 11.8 Å². The Bertz CT molecular complexity index is 811. The SMILES string of the molecule is Cc1ccc(NC(=O)CN2C(=O)CSC2c2ccc(Cl)c(Cl)c2)cc1. The van der Waals surface area contributed by atoms with Gasteiger partial charge in [-0.3, -0.25) is 9.59 Å². The molecule has 1 atom stereocenters. The van der Waals surface area contributed by atoms with Crippen molar-refractivity contribution in [2.75, 3.05) is 17.6 Å². The van der Waals surface area contributed by atoms with Crippen LogP contribution in [-0.2, 0) is 9.59 Å². The molecule has 7 heteroatoms. The molecule has 1 heterocycles. The first-order valence-electron chi connectivity index (χ1n) is 7.66. The van der Waals surface area contributed by atoms with Crippen molar-refractivity contribution in [3.63, 3.8) is 0 Å². The monoisotopic (exact) mass is 394 g/mol. The predicted octanol–water partition coefficient (Wildman–Crippen LogP) is 4.51. The highest BCUT2D eigenvalue weighted by molar-refractivity contribution is 8.00. The number of carbonyl (C=O) groups is 2. The predicted molar refractivity (Wildman–Crippen MR) is 103 cm³/mol. The Hall–Kier alpha value is -1.69. The first-order valence-corrected chi connectivity index (χ1v) is 9.47. The van der Waals surface area contributed by atoms with E-state index in [0.29, 0.717) is 21.5 Å². The molecule has 1 unspecified atom stereocenters. The number of nitrogens with zero attached hydrogens (tertiary/aromatic N) is 1. The van der Waals surface area contributed by atoms with Crippen molar-refractivity contribution in [3.8, 4) is 0 Å². The van der Waals surface area contributed by atoms with Crippen LogP contribution in [0.1, 0.15) is 16.5 Å². The van der Waals surface area contributed by atoms with E-state index < -0.39 is 0 Å². The Morgan fingerprint density at radius 3 is 2.60 bits per heavy atom. The van der Waals surface area contributed by atoms with E-state index in [1.807, 2.05) is 37.3 Å². The normalized spacial score (nSPS) is 17.0. The van der Waals surface area contributed by atoms with E-state index in [1.54, 1.807) is 17.0 Å². The van der Waals surface area contributed by atoms with Crippen LogP contribution >= 0.6 is 35.0 Å². The molecule has 1 aliphatic heterocycles. The molecular weight excluding hydrogens is 379 g/mol. The second-order valence-corrected chi connectivity index (χ2v) is 7.66. The maximum Gasteiger partial charge on any atom is 0.244 e. The van der Waals surface area contributed by atoms with E-state index >= 15 is 0 Å². The number of rotatable bonds is 4. The molecule has 0 radical (unpaired) electrons. The molecular formula is C18H16Cl2N2O2S. The van der Waals surface area contributed by atoms with Gasteiger partial charge in [0, 0.05) is 5.69 Å². The van der Waals surface area contributed by atoms with Gasteiger partial charge in [-0.2, -0.15) is 0 Å². The highest BCUT2D eigenvalue weighted by Crippen LogP contribution is 2.40. The lowest BCUT2D eigenvalue weighted by Crippen LogP contribution is -2.36. The summed E-state index contributed by atoms with van der Waals surface area (Å²) in [6, 6.07) is 12.8. The topological polar surface area (TPSA) is 49.4 Å². The van der Waals surface area contributed by atoms with Gasteiger partial charge in [0.15, 0.2) is 0 Å². The van der Waals surface area contributed by atoms with E-state index in [4.69, 9.17) is 23.2 Å². The highest BCUT2D eigenvalue weighted by atomic mass is 35.5. The van der Waals surface area contributed by atoms with Gasteiger partial charge in [0.2, 0.25) is 11.8 Å². The van der Waals surface area contributed by atoms with Gasteiger partial charge in [-0.25, -0.2) is 0 Å². The van der Waals surface area contributed by atoms with Crippen LogP contribution in [0.15, 0.2) is 42.5 Å². The fraction of sp³-hybridized carbons (Fsp3) is 0.222. The summed E-state index contributed by atoms with van der Waals surface area (Å²) >= 11 is 13.5. The molecule has 0 bridgehead atoms. The summed E-state index contributed by atoms with van der Waals surface area (Å²) in [7, 11) is 0. The second-order valence-electron chi connectivity index (χ2n) is 5.77. The number of carbonyl (C=O) groups excluding carboxylic acids is 2. The lowest BCUT2D eigenvalue weighted by molar-refractivity contribution is -0.132. The molecule has 0 spiro atoms. The molecule has 1 N–H and O–H groups in total. The van der Waals surface area contributed by atoms with Gasteiger partial charge in [0.1, 0.15) is 11.9 Å². The van der Waals surface area contributed by atoms with Crippen molar-refractivity contribution in [2.24, 2.45) is 0 Å². The molecule has 2 aromatic carbocycles. The smallest absolute Gasteiger partial charge is 0.244 e. The fourth-order valence-corrected chi connectivity index (χ4v) is 4.04. The average molecular weight is 395 g/mol. The maximum absolute atomic E-state index is 12.3. The molecule has 2 aromatic rings. The molecule has 4 nitrogen and oxygen atoms in total. The second kappa shape index (κ2) is 7.68. The van der Waals surface area contributed by atoms with Gasteiger partial charge in [-0.05, 0) is 36.8 Å². The minimum absolute atomic E-state index is 0.00930. The Balaban J connectivity index is 1.72. The first kappa shape index (κ1) is 18.1. The van der Waals surface area contributed by atoms with Crippen molar-refractivity contribution in [1.29, 1.82) is 0 Å². The molecule has 130 valence electrons. The van der Waals surface area contributed by atoms with Crippen molar-refractivity contribution in [3.05, 3.63) is 63.6 Å². The third kappa shape index (κ3) is 4.29. The number of thioether (sulfide) groups is 1. The summed E-state index contributed by atoms with van der Waals surface area (Å²) in [6.45, 7) is 1.97. The quantitative estimate of drug-likeness (QED) is 0.829. The fourth-order valence-electron chi connectivity index (χ4n) is 2.56. The van der Waals surface area contributed by atoms with Crippen molar-refractivity contribution >= 4 is 52.5 Å². The van der Waals surface area contributed by atoms with Crippen LogP contribution in [-0.4, -0.2) is 29.0 Å². The number of anilines is 1. The molecule has 1 fully saturated rings. The highest BCUT2D eigenvalue weighted by Gasteiger charge is 2.34. The Kier molecular flexibility index (Phi) is 5.57. The van der Waals surface area contributed by atoms with Crippen LogP contribution in [0.2, 0.25) is 10.0 Å². The van der Waals surface area contributed by atoms with E-state index in [-0.39, 0.29) is 23.7 Å². The zero-order valence-electron chi connectivity index (χ0n) is 13.5. The number of benzene rings is 2. The summed E-state index contributed by atoms with van der Waals surface area (Å²) in [5, 5.41) is 3.47. The summed E-state index contributed by atoms with van der Waals surface area (Å²) in [5.74, 6) is 0.0350. The average Bonchev–Trinajstić information content (AvgIpc) is 2.93. The number of nitrogens with one attached hydrogen (secondary N) is 1. The molecule has 2 amide bonds. The molecule has 1 saturated heterocycles. The lowest BCUT2D eigenvalue weighted by atomic mass is 10.2. The number of hydrogen-bond acceptors (Lipinski definition) is 3. The van der Waals surface area contributed by atoms with Gasteiger partial charge in [0.05, 0.1) is 15.8 Å². The molecule has 0 saturated carbocycles. The standard InChI is InChI=1S/C18H16Cl2N2O2S/c1-11-2-5-13(6-3-11)21-16(23)9-22-17(24)10-25-18(22)12-4-7-14(19)15(20)8-12/h2-8,18H,9-10H2,1H3,(H,21,23). The zero-order valence-corrected chi connectivity index (χ0v) is 15.8. The van der Waals surface area contributed by atoms with Gasteiger partial charge >= 0.3 is 0 Å². The minimum Gasteiger partial charge on any atom is -0.325 e. The van der Waals surface area contributed by atoms with Crippen LogP contribution < -0.4 is 5.32 Å². The summed E-state index contributed by atoms with van der Waals surface area (Å²) in [4.78, 5) is 26.1. The van der Waals surface area contributed by atoms with E-state index in [2.05, 4.69) is 5.32 Å². The number of hydrogen-bond donors (Lipinski definition) is 1. The Labute approximate surface area is 160 Å². The van der Waals surface area contributed by atoms with Gasteiger partial charge < -0.3 is 10.2 Å². The Morgan fingerprint density at radius 2 is 1.92 bits per heavy atom. The van der Waals surface area contributed by atoms with Crippen molar-refractivity contribution < 1.29 is 9.59 Å². The van der Waals surface area contributed by atoms with E-state index in [9.17, 15) is 9.59 Å². The molecule has 0 aliphatic carbocycles. The van der Waals surface area contributed by atoms with Crippen LogP contribution in [0, 0.1) is 6.92 Å². The molecule has 1 aliphatic rings. The van der Waals surface area contributed by atoms with Gasteiger partial charge in [0.25, 0.3) is 0 Å². The van der Waals surface area contributed by atoms with Gasteiger partial charge in [-0.1, -0.05) is 47.0 Å². The third-order valence-corrected chi connectivity index (χ3v) is 5.84.